The van der Waals surface area contributed by atoms with Gasteiger partial charge in [0.1, 0.15) is 11.9 Å². The van der Waals surface area contributed by atoms with Crippen LogP contribution in [0.25, 0.3) is 0 Å². The smallest absolute Gasteiger partial charge is 0.125 e. The van der Waals surface area contributed by atoms with Gasteiger partial charge in [-0.2, -0.15) is 0 Å². The van der Waals surface area contributed by atoms with Gasteiger partial charge in [0.25, 0.3) is 0 Å². The zero-order valence-electron chi connectivity index (χ0n) is 9.31. The fraction of sp³-hybridized carbons (Fsp3) is 0.538. The molecule has 0 saturated heterocycles. The lowest BCUT2D eigenvalue weighted by atomic mass is 9.94. The standard InChI is InChI=1S/C13H18O2/c1-9(2)7-10-8-12(14)11-5-3-4-6-13(11)15-10/h3-6,9-10,12,14H,7-8H2,1-2H3. The van der Waals surface area contributed by atoms with Crippen LogP contribution in [-0.2, 0) is 0 Å². The summed E-state index contributed by atoms with van der Waals surface area (Å²) < 4.78 is 5.85. The summed E-state index contributed by atoms with van der Waals surface area (Å²) in [6.07, 6.45) is 1.52. The second kappa shape index (κ2) is 4.23. The average molecular weight is 206 g/mol. The van der Waals surface area contributed by atoms with Crippen molar-refractivity contribution in [3.05, 3.63) is 29.8 Å². The van der Waals surface area contributed by atoms with Crippen LogP contribution in [0.1, 0.15) is 38.4 Å². The van der Waals surface area contributed by atoms with Crippen molar-refractivity contribution in [3.8, 4) is 5.75 Å². The quantitative estimate of drug-likeness (QED) is 0.806. The number of para-hydroxylation sites is 1. The SMILES string of the molecule is CC(C)CC1CC(O)c2ccccc2O1. The van der Waals surface area contributed by atoms with Gasteiger partial charge in [0, 0.05) is 12.0 Å². The molecule has 1 N–H and O–H groups in total. The highest BCUT2D eigenvalue weighted by atomic mass is 16.5. The van der Waals surface area contributed by atoms with Gasteiger partial charge in [-0.05, 0) is 18.4 Å². The molecule has 0 fully saturated rings. The number of aliphatic hydroxyl groups is 1. The third kappa shape index (κ3) is 2.32. The lowest BCUT2D eigenvalue weighted by Gasteiger charge is -2.30. The molecule has 0 saturated carbocycles. The molecule has 82 valence electrons. The van der Waals surface area contributed by atoms with E-state index in [0.717, 1.165) is 24.2 Å². The summed E-state index contributed by atoms with van der Waals surface area (Å²) in [6.45, 7) is 4.35. The summed E-state index contributed by atoms with van der Waals surface area (Å²) in [5, 5.41) is 9.96. The first kappa shape index (κ1) is 10.5. The highest BCUT2D eigenvalue weighted by Crippen LogP contribution is 2.35. The van der Waals surface area contributed by atoms with Crippen molar-refractivity contribution in [2.24, 2.45) is 5.92 Å². The molecule has 2 atom stereocenters. The summed E-state index contributed by atoms with van der Waals surface area (Å²) in [7, 11) is 0. The van der Waals surface area contributed by atoms with Crippen LogP contribution in [0.3, 0.4) is 0 Å². The Labute approximate surface area is 90.9 Å². The number of hydrogen-bond acceptors (Lipinski definition) is 2. The zero-order valence-corrected chi connectivity index (χ0v) is 9.31. The van der Waals surface area contributed by atoms with Crippen LogP contribution in [-0.4, -0.2) is 11.2 Å². The molecule has 0 bridgehead atoms. The van der Waals surface area contributed by atoms with Crippen molar-refractivity contribution in [3.63, 3.8) is 0 Å². The van der Waals surface area contributed by atoms with Crippen molar-refractivity contribution in [1.82, 2.24) is 0 Å². The van der Waals surface area contributed by atoms with Gasteiger partial charge in [-0.3, -0.25) is 0 Å². The average Bonchev–Trinajstić information content (AvgIpc) is 2.16. The van der Waals surface area contributed by atoms with E-state index in [4.69, 9.17) is 4.74 Å². The van der Waals surface area contributed by atoms with E-state index >= 15 is 0 Å². The van der Waals surface area contributed by atoms with E-state index in [1.54, 1.807) is 0 Å². The van der Waals surface area contributed by atoms with Gasteiger partial charge in [0.2, 0.25) is 0 Å². The van der Waals surface area contributed by atoms with Gasteiger partial charge in [0.05, 0.1) is 6.10 Å². The normalized spacial score (nSPS) is 24.8. The van der Waals surface area contributed by atoms with E-state index < -0.39 is 0 Å². The predicted molar refractivity (Wildman–Crippen MR) is 59.9 cm³/mol. The second-order valence-electron chi connectivity index (χ2n) is 4.66. The summed E-state index contributed by atoms with van der Waals surface area (Å²) >= 11 is 0. The van der Waals surface area contributed by atoms with Crippen molar-refractivity contribution >= 4 is 0 Å². The summed E-state index contributed by atoms with van der Waals surface area (Å²) in [5.74, 6) is 1.45. The van der Waals surface area contributed by atoms with Gasteiger partial charge in [-0.25, -0.2) is 0 Å². The highest BCUT2D eigenvalue weighted by molar-refractivity contribution is 5.36. The number of aliphatic hydroxyl groups excluding tert-OH is 1. The maximum Gasteiger partial charge on any atom is 0.125 e. The van der Waals surface area contributed by atoms with Crippen LogP contribution in [0.5, 0.6) is 5.75 Å². The third-order valence-electron chi connectivity index (χ3n) is 2.79. The Balaban J connectivity index is 2.15. The summed E-state index contributed by atoms with van der Waals surface area (Å²) in [4.78, 5) is 0. The largest absolute Gasteiger partial charge is 0.490 e. The van der Waals surface area contributed by atoms with E-state index in [1.807, 2.05) is 24.3 Å². The molecular weight excluding hydrogens is 188 g/mol. The molecule has 0 amide bonds. The number of ether oxygens (including phenoxy) is 1. The van der Waals surface area contributed by atoms with Gasteiger partial charge >= 0.3 is 0 Å². The zero-order chi connectivity index (χ0) is 10.8. The molecule has 0 aromatic heterocycles. The lowest BCUT2D eigenvalue weighted by molar-refractivity contribution is 0.0556. The van der Waals surface area contributed by atoms with Crippen LogP contribution in [0.4, 0.5) is 0 Å². The Morgan fingerprint density at radius 2 is 2.13 bits per heavy atom. The minimum Gasteiger partial charge on any atom is -0.490 e. The molecule has 1 aliphatic rings. The van der Waals surface area contributed by atoms with Crippen molar-refractivity contribution in [2.45, 2.75) is 38.9 Å². The molecule has 1 aromatic carbocycles. The van der Waals surface area contributed by atoms with E-state index in [1.165, 1.54) is 0 Å². The highest BCUT2D eigenvalue weighted by Gasteiger charge is 2.26. The van der Waals surface area contributed by atoms with Crippen LogP contribution in [0, 0.1) is 5.92 Å². The first-order valence-electron chi connectivity index (χ1n) is 5.60. The minimum atomic E-state index is -0.362. The van der Waals surface area contributed by atoms with E-state index in [2.05, 4.69) is 13.8 Å². The lowest BCUT2D eigenvalue weighted by Crippen LogP contribution is -2.26. The molecule has 2 rings (SSSR count). The molecule has 1 aromatic rings. The molecule has 2 unspecified atom stereocenters. The second-order valence-corrected chi connectivity index (χ2v) is 4.66. The number of hydrogen-bond donors (Lipinski definition) is 1. The Morgan fingerprint density at radius 1 is 1.40 bits per heavy atom. The van der Waals surface area contributed by atoms with Gasteiger partial charge in [-0.1, -0.05) is 32.0 Å². The van der Waals surface area contributed by atoms with Gasteiger partial charge < -0.3 is 9.84 Å². The number of benzene rings is 1. The topological polar surface area (TPSA) is 29.5 Å². The van der Waals surface area contributed by atoms with Gasteiger partial charge in [0.15, 0.2) is 0 Å². The van der Waals surface area contributed by atoms with Crippen molar-refractivity contribution in [2.75, 3.05) is 0 Å². The summed E-state index contributed by atoms with van der Waals surface area (Å²) in [5.41, 5.74) is 0.928. The predicted octanol–water partition coefficient (Wildman–Crippen LogP) is 2.92. The minimum absolute atomic E-state index is 0.162. The monoisotopic (exact) mass is 206 g/mol. The third-order valence-corrected chi connectivity index (χ3v) is 2.79. The molecule has 2 nitrogen and oxygen atoms in total. The van der Waals surface area contributed by atoms with Crippen LogP contribution >= 0.6 is 0 Å². The maximum atomic E-state index is 9.96. The molecule has 2 heteroatoms. The fourth-order valence-electron chi connectivity index (χ4n) is 2.14. The van der Waals surface area contributed by atoms with Crippen LogP contribution in [0.15, 0.2) is 24.3 Å². The Bertz CT molecular complexity index is 333. The Kier molecular flexibility index (Phi) is 2.96. The first-order valence-corrected chi connectivity index (χ1v) is 5.60. The molecular formula is C13H18O2. The van der Waals surface area contributed by atoms with E-state index in [-0.39, 0.29) is 12.2 Å². The fourth-order valence-corrected chi connectivity index (χ4v) is 2.14. The maximum absolute atomic E-state index is 9.96. The summed E-state index contributed by atoms with van der Waals surface area (Å²) in [6, 6.07) is 7.76. The Morgan fingerprint density at radius 3 is 2.87 bits per heavy atom. The molecule has 0 spiro atoms. The van der Waals surface area contributed by atoms with E-state index in [9.17, 15) is 5.11 Å². The first-order chi connectivity index (χ1) is 7.16. The van der Waals surface area contributed by atoms with Crippen molar-refractivity contribution in [1.29, 1.82) is 0 Å². The number of fused-ring (bicyclic) bond motifs is 1. The van der Waals surface area contributed by atoms with Crippen molar-refractivity contribution < 1.29 is 9.84 Å². The van der Waals surface area contributed by atoms with E-state index in [0.29, 0.717) is 5.92 Å². The molecule has 15 heavy (non-hydrogen) atoms. The molecule has 0 aliphatic carbocycles. The van der Waals surface area contributed by atoms with Crippen LogP contribution in [0.2, 0.25) is 0 Å². The van der Waals surface area contributed by atoms with Crippen LogP contribution < -0.4 is 4.74 Å². The van der Waals surface area contributed by atoms with Gasteiger partial charge in [-0.15, -0.1) is 0 Å². The number of rotatable bonds is 2. The Hall–Kier alpha value is -1.02. The molecule has 1 heterocycles. The molecule has 1 aliphatic heterocycles. The molecule has 0 radical (unpaired) electrons.